The van der Waals surface area contributed by atoms with Crippen molar-refractivity contribution >= 4 is 28.7 Å². The van der Waals surface area contributed by atoms with Crippen LogP contribution >= 0.6 is 11.8 Å². The normalized spacial score (nSPS) is 25.9. The zero-order valence-electron chi connectivity index (χ0n) is 14.8. The van der Waals surface area contributed by atoms with Gasteiger partial charge < -0.3 is 10.5 Å². The molecule has 1 aromatic rings. The zero-order valence-corrected chi connectivity index (χ0v) is 15.6. The number of benzene rings is 1. The lowest BCUT2D eigenvalue weighted by Gasteiger charge is -2.37. The van der Waals surface area contributed by atoms with Crippen LogP contribution in [0.2, 0.25) is 0 Å². The summed E-state index contributed by atoms with van der Waals surface area (Å²) in [5, 5.41) is 3.20. The third-order valence-corrected chi connectivity index (χ3v) is 5.61. The van der Waals surface area contributed by atoms with E-state index in [-0.39, 0.29) is 11.7 Å². The predicted octanol–water partition coefficient (Wildman–Crippen LogP) is 4.03. The number of ether oxygens (including phenoxy) is 1. The molecule has 1 fully saturated rings. The molecule has 1 amide bonds. The molecule has 0 spiro atoms. The number of aliphatic imine (C=N–C) groups is 1. The van der Waals surface area contributed by atoms with Gasteiger partial charge in [-0.25, -0.2) is 9.18 Å². The molecule has 2 aliphatic rings. The number of amidine groups is 1. The average Bonchev–Trinajstić information content (AvgIpc) is 2.91. The molecule has 7 heteroatoms. The third kappa shape index (κ3) is 3.76. The quantitative estimate of drug-likeness (QED) is 0.737. The Labute approximate surface area is 151 Å². The summed E-state index contributed by atoms with van der Waals surface area (Å²) in [7, 11) is 0. The summed E-state index contributed by atoms with van der Waals surface area (Å²) in [6.07, 6.45) is 2.17. The Hall–Kier alpha value is -1.76. The van der Waals surface area contributed by atoms with Gasteiger partial charge in [-0.3, -0.25) is 10.3 Å². The Bertz CT molecular complexity index is 717. The van der Waals surface area contributed by atoms with Crippen molar-refractivity contribution in [2.45, 2.75) is 51.2 Å². The molecule has 0 aromatic heterocycles. The first-order chi connectivity index (χ1) is 11.7. The fourth-order valence-corrected chi connectivity index (χ4v) is 4.75. The average molecular weight is 365 g/mol. The van der Waals surface area contributed by atoms with E-state index in [1.807, 2.05) is 0 Å². The second kappa shape index (κ2) is 6.52. The number of thioether (sulfide) groups is 1. The third-order valence-electron chi connectivity index (χ3n) is 4.57. The van der Waals surface area contributed by atoms with Crippen LogP contribution in [0.4, 0.5) is 14.9 Å². The molecule has 2 atom stereocenters. The lowest BCUT2D eigenvalue weighted by molar-refractivity contribution is 0.0564. The maximum Gasteiger partial charge on any atom is 0.413 e. The van der Waals surface area contributed by atoms with E-state index in [2.05, 4.69) is 5.32 Å². The molecular weight excluding hydrogens is 341 g/mol. The smallest absolute Gasteiger partial charge is 0.413 e. The standard InChI is InChI=1S/C18H24FN3O2S/c1-17(2,3)24-16(23)21-15-22-18(8-4-5-11(18)10-25-15)13-9-12(20)6-7-14(13)19/h6-7,9,11H,4-5,8,10,20H2,1-3H3,(H,21,22,23). The first kappa shape index (κ1) is 18.0. The molecule has 1 saturated carbocycles. The summed E-state index contributed by atoms with van der Waals surface area (Å²) in [4.78, 5) is 16.8. The molecule has 5 nitrogen and oxygen atoms in total. The molecule has 1 aliphatic carbocycles. The molecule has 1 heterocycles. The summed E-state index contributed by atoms with van der Waals surface area (Å²) in [6, 6.07) is 4.63. The van der Waals surface area contributed by atoms with Gasteiger partial charge in [0.05, 0.1) is 5.54 Å². The van der Waals surface area contributed by atoms with Crippen LogP contribution in [-0.2, 0) is 10.3 Å². The molecular formula is C18H24FN3O2S. The largest absolute Gasteiger partial charge is 0.444 e. The van der Waals surface area contributed by atoms with Gasteiger partial charge in [0.2, 0.25) is 0 Å². The van der Waals surface area contributed by atoms with Crippen LogP contribution < -0.4 is 11.1 Å². The molecule has 0 radical (unpaired) electrons. The van der Waals surface area contributed by atoms with E-state index in [9.17, 15) is 9.18 Å². The van der Waals surface area contributed by atoms with Crippen molar-refractivity contribution in [3.05, 3.63) is 29.6 Å². The van der Waals surface area contributed by atoms with Crippen LogP contribution in [0.15, 0.2) is 23.2 Å². The number of fused-ring (bicyclic) bond motifs is 1. The second-order valence-corrected chi connectivity index (χ2v) is 8.62. The Morgan fingerprint density at radius 1 is 1.48 bits per heavy atom. The minimum atomic E-state index is -0.658. The van der Waals surface area contributed by atoms with Crippen molar-refractivity contribution in [3.8, 4) is 0 Å². The summed E-state index contributed by atoms with van der Waals surface area (Å²) in [5.41, 5.74) is 5.69. The van der Waals surface area contributed by atoms with E-state index in [1.165, 1.54) is 17.8 Å². The molecule has 2 unspecified atom stereocenters. The minimum Gasteiger partial charge on any atom is -0.444 e. The lowest BCUT2D eigenvalue weighted by atomic mass is 9.81. The van der Waals surface area contributed by atoms with E-state index >= 15 is 0 Å². The van der Waals surface area contributed by atoms with Gasteiger partial charge in [0.1, 0.15) is 11.4 Å². The first-order valence-electron chi connectivity index (χ1n) is 8.48. The van der Waals surface area contributed by atoms with Gasteiger partial charge in [0.25, 0.3) is 0 Å². The number of carbonyl (C=O) groups excluding carboxylic acids is 1. The number of alkyl carbamates (subject to hydrolysis) is 1. The van der Waals surface area contributed by atoms with Crippen molar-refractivity contribution < 1.29 is 13.9 Å². The Balaban J connectivity index is 1.93. The zero-order chi connectivity index (χ0) is 18.2. The van der Waals surface area contributed by atoms with E-state index in [4.69, 9.17) is 15.5 Å². The number of hydrogen-bond donors (Lipinski definition) is 2. The molecule has 0 bridgehead atoms. The topological polar surface area (TPSA) is 76.7 Å². The number of rotatable bonds is 1. The van der Waals surface area contributed by atoms with Crippen LogP contribution in [0.1, 0.15) is 45.6 Å². The van der Waals surface area contributed by atoms with Crippen molar-refractivity contribution in [1.29, 1.82) is 0 Å². The molecule has 0 saturated heterocycles. The summed E-state index contributed by atoms with van der Waals surface area (Å²) >= 11 is 1.48. The number of hydrogen-bond acceptors (Lipinski definition) is 5. The van der Waals surface area contributed by atoms with Crippen LogP contribution in [0.3, 0.4) is 0 Å². The van der Waals surface area contributed by atoms with Crippen LogP contribution in [0.25, 0.3) is 0 Å². The molecule has 25 heavy (non-hydrogen) atoms. The highest BCUT2D eigenvalue weighted by Gasteiger charge is 2.48. The van der Waals surface area contributed by atoms with Crippen LogP contribution in [0, 0.1) is 11.7 Å². The summed E-state index contributed by atoms with van der Waals surface area (Å²) in [6.45, 7) is 5.41. The highest BCUT2D eigenvalue weighted by Crippen LogP contribution is 2.51. The van der Waals surface area contributed by atoms with Gasteiger partial charge in [0.15, 0.2) is 5.17 Å². The van der Waals surface area contributed by atoms with E-state index in [0.717, 1.165) is 25.0 Å². The summed E-state index contributed by atoms with van der Waals surface area (Å²) in [5.74, 6) is 0.717. The SMILES string of the molecule is CC(C)(C)OC(=O)NC1=NC2(c3cc(N)ccc3F)CCCC2CS1. The van der Waals surface area contributed by atoms with Gasteiger partial charge in [-0.05, 0) is 57.7 Å². The van der Waals surface area contributed by atoms with E-state index in [1.54, 1.807) is 32.9 Å². The first-order valence-corrected chi connectivity index (χ1v) is 9.46. The number of halogens is 1. The minimum absolute atomic E-state index is 0.234. The highest BCUT2D eigenvalue weighted by atomic mass is 32.2. The predicted molar refractivity (Wildman–Crippen MR) is 99.1 cm³/mol. The lowest BCUT2D eigenvalue weighted by Crippen LogP contribution is -2.42. The van der Waals surface area contributed by atoms with Gasteiger partial charge in [-0.2, -0.15) is 0 Å². The highest BCUT2D eigenvalue weighted by molar-refractivity contribution is 8.13. The van der Waals surface area contributed by atoms with Crippen LogP contribution in [0.5, 0.6) is 0 Å². The van der Waals surface area contributed by atoms with Crippen molar-refractivity contribution in [2.75, 3.05) is 11.5 Å². The van der Waals surface area contributed by atoms with Crippen molar-refractivity contribution in [1.82, 2.24) is 5.32 Å². The van der Waals surface area contributed by atoms with Gasteiger partial charge in [0, 0.05) is 17.0 Å². The fourth-order valence-electron chi connectivity index (χ4n) is 3.57. The second-order valence-electron chi connectivity index (χ2n) is 7.61. The number of nitrogens with two attached hydrogens (primary N) is 1. The van der Waals surface area contributed by atoms with E-state index < -0.39 is 17.2 Å². The molecule has 3 N–H and O–H groups in total. The number of carbonyl (C=O) groups is 1. The molecule has 136 valence electrons. The Morgan fingerprint density at radius 3 is 2.96 bits per heavy atom. The van der Waals surface area contributed by atoms with Gasteiger partial charge in [-0.15, -0.1) is 0 Å². The monoisotopic (exact) mass is 365 g/mol. The Kier molecular flexibility index (Phi) is 4.70. The number of amides is 1. The fraction of sp³-hybridized carbons (Fsp3) is 0.556. The number of nitrogens with one attached hydrogen (secondary N) is 1. The Morgan fingerprint density at radius 2 is 2.24 bits per heavy atom. The number of anilines is 1. The van der Waals surface area contributed by atoms with Crippen LogP contribution in [-0.4, -0.2) is 22.6 Å². The van der Waals surface area contributed by atoms with Crippen molar-refractivity contribution in [3.63, 3.8) is 0 Å². The molecule has 3 rings (SSSR count). The van der Waals surface area contributed by atoms with E-state index in [0.29, 0.717) is 16.4 Å². The maximum atomic E-state index is 14.6. The van der Waals surface area contributed by atoms with Crippen molar-refractivity contribution in [2.24, 2.45) is 10.9 Å². The maximum absolute atomic E-state index is 14.6. The van der Waals surface area contributed by atoms with Gasteiger partial charge >= 0.3 is 6.09 Å². The number of nitrogen functional groups attached to an aromatic ring is 1. The molecule has 1 aromatic carbocycles. The number of nitrogens with zero attached hydrogens (tertiary/aromatic N) is 1. The molecule has 1 aliphatic heterocycles. The van der Waals surface area contributed by atoms with Gasteiger partial charge in [-0.1, -0.05) is 18.2 Å². The summed E-state index contributed by atoms with van der Waals surface area (Å²) < 4.78 is 19.9.